The summed E-state index contributed by atoms with van der Waals surface area (Å²) in [5.41, 5.74) is 0.432. The highest BCUT2D eigenvalue weighted by Crippen LogP contribution is 2.36. The van der Waals surface area contributed by atoms with Crippen LogP contribution in [0, 0.1) is 11.2 Å². The SMILES string of the molecule is Cl.O=C(CCOc1ccc(F)cc1)N1CCC2(CCNC2)CC1. The topological polar surface area (TPSA) is 41.6 Å². The fourth-order valence-corrected chi connectivity index (χ4v) is 3.40. The Hall–Kier alpha value is -1.33. The lowest BCUT2D eigenvalue weighted by molar-refractivity contribution is -0.133. The summed E-state index contributed by atoms with van der Waals surface area (Å²) in [4.78, 5) is 14.2. The number of benzene rings is 1. The van der Waals surface area contributed by atoms with Gasteiger partial charge in [0.05, 0.1) is 13.0 Å². The van der Waals surface area contributed by atoms with Crippen LogP contribution in [0.4, 0.5) is 4.39 Å². The number of carbonyl (C=O) groups is 1. The Labute approximate surface area is 142 Å². The molecule has 0 aromatic heterocycles. The molecule has 1 aromatic rings. The van der Waals surface area contributed by atoms with Crippen molar-refractivity contribution >= 4 is 18.3 Å². The van der Waals surface area contributed by atoms with Crippen molar-refractivity contribution in [1.29, 1.82) is 0 Å². The van der Waals surface area contributed by atoms with E-state index in [4.69, 9.17) is 4.74 Å². The minimum absolute atomic E-state index is 0. The van der Waals surface area contributed by atoms with Crippen LogP contribution in [0.25, 0.3) is 0 Å². The maximum Gasteiger partial charge on any atom is 0.225 e. The van der Waals surface area contributed by atoms with Crippen molar-refractivity contribution in [1.82, 2.24) is 10.2 Å². The van der Waals surface area contributed by atoms with Crippen molar-refractivity contribution in [2.45, 2.75) is 25.7 Å². The van der Waals surface area contributed by atoms with E-state index >= 15 is 0 Å². The maximum absolute atomic E-state index is 12.8. The van der Waals surface area contributed by atoms with Gasteiger partial charge in [-0.2, -0.15) is 0 Å². The Balaban J connectivity index is 0.00000192. The zero-order valence-electron chi connectivity index (χ0n) is 13.2. The Morgan fingerprint density at radius 2 is 1.91 bits per heavy atom. The minimum atomic E-state index is -0.285. The van der Waals surface area contributed by atoms with Gasteiger partial charge in [-0.3, -0.25) is 4.79 Å². The van der Waals surface area contributed by atoms with E-state index in [1.807, 2.05) is 4.90 Å². The van der Waals surface area contributed by atoms with Crippen LogP contribution >= 0.6 is 12.4 Å². The normalized spacial score (nSPS) is 19.4. The van der Waals surface area contributed by atoms with Gasteiger partial charge in [0.25, 0.3) is 0 Å². The molecule has 4 nitrogen and oxygen atoms in total. The van der Waals surface area contributed by atoms with E-state index in [1.165, 1.54) is 18.6 Å². The summed E-state index contributed by atoms with van der Waals surface area (Å²) in [6.07, 6.45) is 3.82. The van der Waals surface area contributed by atoms with Gasteiger partial charge in [-0.05, 0) is 55.5 Å². The van der Waals surface area contributed by atoms with Crippen LogP contribution in [0.1, 0.15) is 25.7 Å². The standard InChI is InChI=1S/C17H23FN2O2.ClH/c18-14-1-3-15(4-2-14)22-12-5-16(21)20-10-7-17(8-11-20)6-9-19-13-17;/h1-4,19H,5-13H2;1H. The fourth-order valence-electron chi connectivity index (χ4n) is 3.40. The smallest absolute Gasteiger partial charge is 0.225 e. The molecule has 0 radical (unpaired) electrons. The van der Waals surface area contributed by atoms with Crippen molar-refractivity contribution in [3.63, 3.8) is 0 Å². The van der Waals surface area contributed by atoms with E-state index in [9.17, 15) is 9.18 Å². The largest absolute Gasteiger partial charge is 0.493 e. The second kappa shape index (κ2) is 7.97. The quantitative estimate of drug-likeness (QED) is 0.914. The molecular formula is C17H24ClFN2O2. The van der Waals surface area contributed by atoms with Crippen molar-refractivity contribution in [2.75, 3.05) is 32.8 Å². The molecule has 3 rings (SSSR count). The van der Waals surface area contributed by atoms with Crippen LogP contribution in [0.2, 0.25) is 0 Å². The van der Waals surface area contributed by atoms with Gasteiger partial charge in [0.15, 0.2) is 0 Å². The third-order valence-corrected chi connectivity index (χ3v) is 4.91. The number of likely N-dealkylation sites (tertiary alicyclic amines) is 1. The molecule has 2 aliphatic rings. The average molecular weight is 343 g/mol. The second-order valence-electron chi connectivity index (χ2n) is 6.36. The molecule has 1 aromatic carbocycles. The summed E-state index contributed by atoms with van der Waals surface area (Å²) < 4.78 is 18.3. The van der Waals surface area contributed by atoms with E-state index in [-0.39, 0.29) is 24.1 Å². The number of nitrogens with one attached hydrogen (secondary N) is 1. The number of amides is 1. The van der Waals surface area contributed by atoms with E-state index in [0.717, 1.165) is 39.0 Å². The van der Waals surface area contributed by atoms with Gasteiger partial charge >= 0.3 is 0 Å². The lowest BCUT2D eigenvalue weighted by Gasteiger charge is -2.38. The van der Waals surface area contributed by atoms with Crippen LogP contribution in [-0.2, 0) is 4.79 Å². The molecule has 23 heavy (non-hydrogen) atoms. The van der Waals surface area contributed by atoms with Crippen molar-refractivity contribution < 1.29 is 13.9 Å². The molecule has 128 valence electrons. The third-order valence-electron chi connectivity index (χ3n) is 4.91. The number of nitrogens with zero attached hydrogens (tertiary/aromatic N) is 1. The zero-order valence-corrected chi connectivity index (χ0v) is 14.0. The van der Waals surface area contributed by atoms with Gasteiger partial charge in [-0.1, -0.05) is 0 Å². The predicted molar refractivity (Wildman–Crippen MR) is 89.5 cm³/mol. The molecule has 1 N–H and O–H groups in total. The van der Waals surface area contributed by atoms with E-state index < -0.39 is 0 Å². The number of hydrogen-bond acceptors (Lipinski definition) is 3. The molecule has 0 bridgehead atoms. The average Bonchev–Trinajstić information content (AvgIpc) is 2.98. The molecule has 1 spiro atoms. The molecule has 2 aliphatic heterocycles. The number of carbonyl (C=O) groups excluding carboxylic acids is 1. The molecular weight excluding hydrogens is 319 g/mol. The third kappa shape index (κ3) is 4.58. The number of hydrogen-bond donors (Lipinski definition) is 1. The summed E-state index contributed by atoms with van der Waals surface area (Å²) in [6, 6.07) is 5.88. The van der Waals surface area contributed by atoms with Crippen LogP contribution in [-0.4, -0.2) is 43.6 Å². The molecule has 0 saturated carbocycles. The van der Waals surface area contributed by atoms with Crippen molar-refractivity contribution in [2.24, 2.45) is 5.41 Å². The second-order valence-corrected chi connectivity index (χ2v) is 6.36. The monoisotopic (exact) mass is 342 g/mol. The minimum Gasteiger partial charge on any atom is -0.493 e. The summed E-state index contributed by atoms with van der Waals surface area (Å²) in [7, 11) is 0. The lowest BCUT2D eigenvalue weighted by Crippen LogP contribution is -2.44. The first-order valence-corrected chi connectivity index (χ1v) is 8.04. The Morgan fingerprint density at radius 1 is 1.22 bits per heavy atom. The van der Waals surface area contributed by atoms with Crippen LogP contribution in [0.5, 0.6) is 5.75 Å². The molecule has 2 heterocycles. The maximum atomic E-state index is 12.8. The zero-order chi connectivity index (χ0) is 15.4. The van der Waals surface area contributed by atoms with Gasteiger partial charge in [0.2, 0.25) is 5.91 Å². The Morgan fingerprint density at radius 3 is 2.52 bits per heavy atom. The highest BCUT2D eigenvalue weighted by atomic mass is 35.5. The summed E-state index contributed by atoms with van der Waals surface area (Å²) in [5, 5.41) is 3.43. The summed E-state index contributed by atoms with van der Waals surface area (Å²) >= 11 is 0. The van der Waals surface area contributed by atoms with Gasteiger partial charge in [0.1, 0.15) is 11.6 Å². The molecule has 2 fully saturated rings. The highest BCUT2D eigenvalue weighted by molar-refractivity contribution is 5.85. The van der Waals surface area contributed by atoms with Crippen LogP contribution in [0.3, 0.4) is 0 Å². The van der Waals surface area contributed by atoms with Crippen molar-refractivity contribution in [3.8, 4) is 5.75 Å². The number of halogens is 2. The molecule has 1 amide bonds. The van der Waals surface area contributed by atoms with Crippen LogP contribution in [0.15, 0.2) is 24.3 Å². The molecule has 0 aliphatic carbocycles. The fraction of sp³-hybridized carbons (Fsp3) is 0.588. The molecule has 6 heteroatoms. The van der Waals surface area contributed by atoms with Crippen molar-refractivity contribution in [3.05, 3.63) is 30.1 Å². The molecule has 2 saturated heterocycles. The first-order chi connectivity index (χ1) is 10.7. The molecule has 0 unspecified atom stereocenters. The number of ether oxygens (including phenoxy) is 1. The number of piperidine rings is 1. The van der Waals surface area contributed by atoms with E-state index in [0.29, 0.717) is 24.2 Å². The van der Waals surface area contributed by atoms with Gasteiger partial charge < -0.3 is 15.0 Å². The first-order valence-electron chi connectivity index (χ1n) is 8.04. The Kier molecular flexibility index (Phi) is 6.25. The predicted octanol–water partition coefficient (Wildman–Crippen LogP) is 2.62. The van der Waals surface area contributed by atoms with Gasteiger partial charge in [-0.25, -0.2) is 4.39 Å². The molecule has 0 atom stereocenters. The number of rotatable bonds is 4. The van der Waals surface area contributed by atoms with Crippen LogP contribution < -0.4 is 10.1 Å². The van der Waals surface area contributed by atoms with E-state index in [1.54, 1.807) is 12.1 Å². The highest BCUT2D eigenvalue weighted by Gasteiger charge is 2.37. The summed E-state index contributed by atoms with van der Waals surface area (Å²) in [6.45, 7) is 4.27. The van der Waals surface area contributed by atoms with Gasteiger partial charge in [0, 0.05) is 19.6 Å². The Bertz CT molecular complexity index is 508. The van der Waals surface area contributed by atoms with E-state index in [2.05, 4.69) is 5.32 Å². The van der Waals surface area contributed by atoms with Gasteiger partial charge in [-0.15, -0.1) is 12.4 Å². The first kappa shape index (κ1) is 18.0. The summed E-state index contributed by atoms with van der Waals surface area (Å²) in [5.74, 6) is 0.471. The lowest BCUT2D eigenvalue weighted by atomic mass is 9.78.